The van der Waals surface area contributed by atoms with Gasteiger partial charge in [-0.05, 0) is 131 Å². The van der Waals surface area contributed by atoms with Gasteiger partial charge in [-0.1, -0.05) is 382 Å². The van der Waals surface area contributed by atoms with E-state index >= 15 is 0 Å². The Morgan fingerprint density at radius 3 is 0.746 bits per heavy atom. The van der Waals surface area contributed by atoms with E-state index in [-0.39, 0.29) is 5.91 Å². The number of nitrogens with one attached hydrogen (secondary N) is 1. The molecule has 0 bridgehead atoms. The smallest absolute Gasteiger partial charge is 0.255 e. The van der Waals surface area contributed by atoms with Crippen LogP contribution in [0.3, 0.4) is 0 Å². The maximum absolute atomic E-state index is 13.4. The first-order chi connectivity index (χ1) is 62.1. The summed E-state index contributed by atoms with van der Waals surface area (Å²) < 4.78 is 0.886. The largest absolute Gasteiger partial charge is 0.398 e. The first kappa shape index (κ1) is 80.3. The molecular formula is C111H78BrN13O. The molecule has 4 aromatic heterocycles. The van der Waals surface area contributed by atoms with Crippen LogP contribution < -0.4 is 16.8 Å². The molecular weight excluding hydrogens is 1610 g/mol. The second kappa shape index (κ2) is 37.9. The highest BCUT2D eigenvalue weighted by atomic mass is 79.9. The van der Waals surface area contributed by atoms with Crippen molar-refractivity contribution in [1.29, 1.82) is 0 Å². The molecule has 0 saturated carbocycles. The predicted octanol–water partition coefficient (Wildman–Crippen LogP) is 26.9. The van der Waals surface area contributed by atoms with Crippen molar-refractivity contribution < 1.29 is 4.79 Å². The molecule has 0 atom stereocenters. The van der Waals surface area contributed by atoms with Crippen LogP contribution in [-0.2, 0) is 0 Å². The molecule has 126 heavy (non-hydrogen) atoms. The standard InChI is InChI=1S/C45H31N5O.C39H28N4.C27H19BrN4/c51-45(36-26-28-46-29-27-36)47-41-25-24-37(30-40(41)39-19-11-10-18-38(39)32-12-4-1-5-13-32)31-20-22-35(23-21-31)44-49-42(33-14-6-2-7-15-33)48-43(50-44)34-16-8-3-9-17-34;40-36-25-24-32(26-35(36)34-19-11-10-18-33(34)28-12-4-1-5-13-28)27-20-22-31(23-21-27)39-42-37(29-14-6-2-7-15-29)41-38(43-39)30-16-8-3-9-17-30;28-23-17-22(15-16-24(23)29)18-11-13-21(14-12-18)27-31-25(19-7-3-1-4-8-19)30-26(32-27)20-9-5-2-6-10-20/h1-30H,(H,47,51);1-26H,40H2;1-17H,29H2. The second-order valence-corrected chi connectivity index (χ2v) is 30.5. The molecule has 0 saturated heterocycles. The van der Waals surface area contributed by atoms with Crippen molar-refractivity contribution in [2.45, 2.75) is 0 Å². The summed E-state index contributed by atoms with van der Waals surface area (Å²) in [4.78, 5) is 60.9. The lowest BCUT2D eigenvalue weighted by Gasteiger charge is -2.17. The van der Waals surface area contributed by atoms with Crippen molar-refractivity contribution in [3.8, 4) is 180 Å². The Morgan fingerprint density at radius 1 is 0.206 bits per heavy atom. The van der Waals surface area contributed by atoms with Crippen LogP contribution in [0.25, 0.3) is 180 Å². The molecule has 20 aromatic rings. The van der Waals surface area contributed by atoms with Gasteiger partial charge in [0.1, 0.15) is 0 Å². The molecule has 16 aromatic carbocycles. The lowest BCUT2D eigenvalue weighted by molar-refractivity contribution is 0.102. The number of amides is 1. The average Bonchev–Trinajstić information content (AvgIpc) is 0.780. The third-order valence-electron chi connectivity index (χ3n) is 21.4. The van der Waals surface area contributed by atoms with Gasteiger partial charge in [0.2, 0.25) is 0 Å². The fourth-order valence-electron chi connectivity index (χ4n) is 14.9. The number of halogens is 1. The third kappa shape index (κ3) is 18.7. The number of rotatable bonds is 18. The summed E-state index contributed by atoms with van der Waals surface area (Å²) in [6.07, 6.45) is 3.24. The number of carbonyl (C=O) groups is 1. The molecule has 0 aliphatic rings. The van der Waals surface area contributed by atoms with E-state index in [2.05, 4.69) is 166 Å². The Hall–Kier alpha value is -16.8. The molecule has 4 heterocycles. The highest BCUT2D eigenvalue weighted by Crippen LogP contribution is 2.42. The minimum absolute atomic E-state index is 0.199. The van der Waals surface area contributed by atoms with E-state index < -0.39 is 0 Å². The zero-order valence-electron chi connectivity index (χ0n) is 68.1. The van der Waals surface area contributed by atoms with Crippen molar-refractivity contribution in [2.75, 3.05) is 16.8 Å². The van der Waals surface area contributed by atoms with Gasteiger partial charge >= 0.3 is 0 Å². The van der Waals surface area contributed by atoms with Gasteiger partial charge in [-0.25, -0.2) is 44.9 Å². The molecule has 14 nitrogen and oxygen atoms in total. The van der Waals surface area contributed by atoms with E-state index in [0.29, 0.717) is 63.7 Å². The molecule has 5 N–H and O–H groups in total. The van der Waals surface area contributed by atoms with Crippen LogP contribution >= 0.6 is 15.9 Å². The van der Waals surface area contributed by atoms with Gasteiger partial charge in [0.25, 0.3) is 5.91 Å². The Bertz CT molecular complexity index is 6990. The van der Waals surface area contributed by atoms with Gasteiger partial charge < -0.3 is 16.8 Å². The molecule has 15 heteroatoms. The van der Waals surface area contributed by atoms with Crippen LogP contribution in [0.2, 0.25) is 0 Å². The molecule has 0 radical (unpaired) electrons. The van der Waals surface area contributed by atoms with Gasteiger partial charge in [-0.2, -0.15) is 0 Å². The minimum Gasteiger partial charge on any atom is -0.398 e. The summed E-state index contributed by atoms with van der Waals surface area (Å²) in [6.45, 7) is 0. The minimum atomic E-state index is -0.199. The number of nitrogens with two attached hydrogens (primary N) is 2. The topological polar surface area (TPSA) is 210 Å². The molecule has 20 rings (SSSR count). The number of nitrogen functional groups attached to an aromatic ring is 2. The quantitative estimate of drug-likeness (QED) is 0.0684. The van der Waals surface area contributed by atoms with Crippen molar-refractivity contribution in [3.63, 3.8) is 0 Å². The molecule has 1 amide bonds. The maximum Gasteiger partial charge on any atom is 0.255 e. The van der Waals surface area contributed by atoms with E-state index in [4.69, 9.17) is 56.3 Å². The van der Waals surface area contributed by atoms with Crippen LogP contribution in [0.4, 0.5) is 17.1 Å². The summed E-state index contributed by atoms with van der Waals surface area (Å²) in [5, 5.41) is 3.16. The maximum atomic E-state index is 13.4. The highest BCUT2D eigenvalue weighted by Gasteiger charge is 2.21. The van der Waals surface area contributed by atoms with Gasteiger partial charge in [0.05, 0.1) is 0 Å². The summed E-state index contributed by atoms with van der Waals surface area (Å²) in [7, 11) is 0. The third-order valence-corrected chi connectivity index (χ3v) is 22.1. The molecule has 0 unspecified atom stereocenters. The van der Waals surface area contributed by atoms with E-state index in [1.54, 1.807) is 24.5 Å². The zero-order chi connectivity index (χ0) is 85.3. The number of nitrogens with zero attached hydrogens (tertiary/aromatic N) is 10. The fraction of sp³-hybridized carbons (Fsp3) is 0. The summed E-state index contributed by atoms with van der Waals surface area (Å²) in [5.74, 6) is 5.52. The Morgan fingerprint density at radius 2 is 0.437 bits per heavy atom. The van der Waals surface area contributed by atoms with Gasteiger partial charge in [0.15, 0.2) is 52.4 Å². The molecule has 0 spiro atoms. The Kier molecular flexibility index (Phi) is 24.2. The van der Waals surface area contributed by atoms with Crippen LogP contribution in [0.15, 0.2) is 448 Å². The van der Waals surface area contributed by atoms with Gasteiger partial charge in [-0.3, -0.25) is 9.78 Å². The number of hydrogen-bond acceptors (Lipinski definition) is 13. The molecule has 0 fully saturated rings. The van der Waals surface area contributed by atoms with Crippen LogP contribution in [0.1, 0.15) is 10.4 Å². The number of pyridine rings is 1. The highest BCUT2D eigenvalue weighted by molar-refractivity contribution is 9.10. The van der Waals surface area contributed by atoms with Crippen LogP contribution in [0, 0.1) is 0 Å². The number of hydrogen-bond donors (Lipinski definition) is 3. The number of aromatic nitrogens is 10. The number of benzene rings is 16. The van der Waals surface area contributed by atoms with Crippen molar-refractivity contribution in [2.24, 2.45) is 0 Å². The van der Waals surface area contributed by atoms with E-state index in [1.165, 1.54) is 0 Å². The average molecular weight is 1690 g/mol. The van der Waals surface area contributed by atoms with Crippen LogP contribution in [0.5, 0.6) is 0 Å². The zero-order valence-corrected chi connectivity index (χ0v) is 69.6. The van der Waals surface area contributed by atoms with Crippen molar-refractivity contribution in [3.05, 3.63) is 453 Å². The summed E-state index contributed by atoms with van der Waals surface area (Å²) in [6, 6.07) is 144. The van der Waals surface area contributed by atoms with E-state index in [9.17, 15) is 4.79 Å². The van der Waals surface area contributed by atoms with Gasteiger partial charge in [-0.15, -0.1) is 0 Å². The first-order valence-electron chi connectivity index (χ1n) is 41.1. The normalized spacial score (nSPS) is 10.8. The van der Waals surface area contributed by atoms with Crippen molar-refractivity contribution in [1.82, 2.24) is 49.8 Å². The number of anilines is 3. The van der Waals surface area contributed by atoms with E-state index in [1.807, 2.05) is 279 Å². The number of carbonyl (C=O) groups excluding carboxylic acids is 1. The molecule has 600 valence electrons. The first-order valence-corrected chi connectivity index (χ1v) is 41.9. The lowest BCUT2D eigenvalue weighted by atomic mass is 9.91. The predicted molar refractivity (Wildman–Crippen MR) is 515 cm³/mol. The molecule has 0 aliphatic carbocycles. The lowest BCUT2D eigenvalue weighted by Crippen LogP contribution is -2.12. The fourth-order valence-corrected chi connectivity index (χ4v) is 15.2. The Labute approximate surface area is 738 Å². The van der Waals surface area contributed by atoms with Crippen LogP contribution in [-0.4, -0.2) is 55.7 Å². The molecule has 0 aliphatic heterocycles. The van der Waals surface area contributed by atoms with Crippen molar-refractivity contribution >= 4 is 38.9 Å². The summed E-state index contributed by atoms with van der Waals surface area (Å²) in [5.41, 5.74) is 38.5. The van der Waals surface area contributed by atoms with E-state index in [0.717, 1.165) is 144 Å². The SMILES string of the molecule is Nc1ccc(-c2ccc(-c3nc(-c4ccccc4)nc(-c4ccccc4)n3)cc2)cc1-c1ccccc1-c1ccccc1.Nc1ccc(-c2ccc(-c3nc(-c4ccccc4)nc(-c4ccccc4)n3)cc2)cc1Br.O=C(Nc1ccc(-c2ccc(-c3nc(-c4ccccc4)nc(-c4ccccc4)n3)cc2)cc1-c1ccccc1-c1ccccc1)c1ccncc1. The monoisotopic (exact) mass is 1690 g/mol. The second-order valence-electron chi connectivity index (χ2n) is 29.7. The van der Waals surface area contributed by atoms with Gasteiger partial charge in [0, 0.05) is 101 Å². The summed E-state index contributed by atoms with van der Waals surface area (Å²) >= 11 is 3.50. The Balaban J connectivity index is 0.000000131.